The molecule has 1 N–H and O–H groups in total. The molecule has 86 valence electrons. The van der Waals surface area contributed by atoms with Gasteiger partial charge in [-0.2, -0.15) is 0 Å². The molecule has 0 unspecified atom stereocenters. The third-order valence-electron chi connectivity index (χ3n) is 3.23. The van der Waals surface area contributed by atoms with E-state index in [1.807, 2.05) is 12.1 Å². The summed E-state index contributed by atoms with van der Waals surface area (Å²) in [7, 11) is 0. The number of hydrogen-bond donors (Lipinski definition) is 1. The fourth-order valence-electron chi connectivity index (χ4n) is 2.25. The van der Waals surface area contributed by atoms with Crippen LogP contribution in [0.4, 0.5) is 0 Å². The van der Waals surface area contributed by atoms with Gasteiger partial charge in [0.15, 0.2) is 0 Å². The molecule has 1 aliphatic heterocycles. The van der Waals surface area contributed by atoms with E-state index in [2.05, 4.69) is 6.92 Å². The molecule has 1 fully saturated rings. The van der Waals surface area contributed by atoms with Gasteiger partial charge in [-0.1, -0.05) is 25.5 Å². The highest BCUT2D eigenvalue weighted by Crippen LogP contribution is 2.36. The Kier molecular flexibility index (Phi) is 2.97. The summed E-state index contributed by atoms with van der Waals surface area (Å²) in [5, 5.41) is 8.83. The fraction of sp³-hybridized carbons (Fsp3) is 0.462. The van der Waals surface area contributed by atoms with Gasteiger partial charge in [0, 0.05) is 5.41 Å². The van der Waals surface area contributed by atoms with Crippen molar-refractivity contribution in [2.75, 3.05) is 13.2 Å². The molecule has 0 spiro atoms. The Morgan fingerprint density at radius 2 is 2.00 bits per heavy atom. The van der Waals surface area contributed by atoms with Crippen molar-refractivity contribution >= 4 is 5.97 Å². The highest BCUT2D eigenvalue weighted by atomic mass is 16.5. The van der Waals surface area contributed by atoms with Crippen LogP contribution in [0.2, 0.25) is 0 Å². The second kappa shape index (κ2) is 4.26. The Morgan fingerprint density at radius 3 is 2.38 bits per heavy atom. The van der Waals surface area contributed by atoms with E-state index in [1.54, 1.807) is 12.1 Å². The summed E-state index contributed by atoms with van der Waals surface area (Å²) < 4.78 is 5.31. The average molecular weight is 220 g/mol. The topological polar surface area (TPSA) is 46.5 Å². The van der Waals surface area contributed by atoms with E-state index in [0.717, 1.165) is 26.1 Å². The van der Waals surface area contributed by atoms with Crippen molar-refractivity contribution < 1.29 is 14.6 Å². The molecule has 0 radical (unpaired) electrons. The normalized spacial score (nSPS) is 17.8. The lowest BCUT2D eigenvalue weighted by Gasteiger charge is -2.42. The zero-order chi connectivity index (χ0) is 11.6. The summed E-state index contributed by atoms with van der Waals surface area (Å²) in [6.07, 6.45) is 2.21. The van der Waals surface area contributed by atoms with Gasteiger partial charge in [-0.05, 0) is 24.1 Å². The van der Waals surface area contributed by atoms with Crippen LogP contribution in [0.15, 0.2) is 24.3 Å². The third-order valence-corrected chi connectivity index (χ3v) is 3.23. The second-order valence-electron chi connectivity index (χ2n) is 4.41. The molecule has 0 amide bonds. The SMILES string of the molecule is CCCC1(c2ccc(C(=O)O)cc2)COC1. The van der Waals surface area contributed by atoms with Gasteiger partial charge < -0.3 is 9.84 Å². The highest BCUT2D eigenvalue weighted by Gasteiger charge is 2.39. The van der Waals surface area contributed by atoms with Crippen molar-refractivity contribution in [2.45, 2.75) is 25.2 Å². The molecule has 1 aromatic rings. The number of hydrogen-bond acceptors (Lipinski definition) is 2. The van der Waals surface area contributed by atoms with Crippen LogP contribution in [0.3, 0.4) is 0 Å². The smallest absolute Gasteiger partial charge is 0.335 e. The summed E-state index contributed by atoms with van der Waals surface area (Å²) in [6.45, 7) is 3.67. The van der Waals surface area contributed by atoms with Gasteiger partial charge in [0.1, 0.15) is 0 Å². The first kappa shape index (κ1) is 11.1. The standard InChI is InChI=1S/C13H16O3/c1-2-7-13(8-16-9-13)11-5-3-10(4-6-11)12(14)15/h3-6H,2,7-9H2,1H3,(H,14,15). The Bertz CT molecular complexity index is 377. The molecule has 16 heavy (non-hydrogen) atoms. The number of carboxylic acid groups (broad SMARTS) is 1. The minimum absolute atomic E-state index is 0.131. The van der Waals surface area contributed by atoms with Gasteiger partial charge in [0.2, 0.25) is 0 Å². The Labute approximate surface area is 95.0 Å². The molecule has 0 saturated carbocycles. The Hall–Kier alpha value is -1.35. The van der Waals surface area contributed by atoms with Crippen LogP contribution >= 0.6 is 0 Å². The number of rotatable bonds is 4. The number of carboxylic acids is 1. The van der Waals surface area contributed by atoms with Crippen molar-refractivity contribution in [3.05, 3.63) is 35.4 Å². The first-order valence-electron chi connectivity index (χ1n) is 5.59. The van der Waals surface area contributed by atoms with Crippen molar-refractivity contribution in [1.29, 1.82) is 0 Å². The van der Waals surface area contributed by atoms with Gasteiger partial charge >= 0.3 is 5.97 Å². The number of ether oxygens (including phenoxy) is 1. The van der Waals surface area contributed by atoms with Gasteiger partial charge in [-0.15, -0.1) is 0 Å². The molecular weight excluding hydrogens is 204 g/mol. The summed E-state index contributed by atoms with van der Waals surface area (Å²) in [6, 6.07) is 7.18. The Morgan fingerprint density at radius 1 is 1.38 bits per heavy atom. The molecule has 3 nitrogen and oxygen atoms in total. The zero-order valence-electron chi connectivity index (χ0n) is 9.40. The number of benzene rings is 1. The van der Waals surface area contributed by atoms with Crippen LogP contribution in [0, 0.1) is 0 Å². The number of carbonyl (C=O) groups is 1. The maximum Gasteiger partial charge on any atom is 0.335 e. The molecule has 0 bridgehead atoms. The molecule has 3 heteroatoms. The average Bonchev–Trinajstić information content (AvgIpc) is 2.23. The van der Waals surface area contributed by atoms with Crippen LogP contribution in [-0.2, 0) is 10.2 Å². The fourth-order valence-corrected chi connectivity index (χ4v) is 2.25. The highest BCUT2D eigenvalue weighted by molar-refractivity contribution is 5.87. The van der Waals surface area contributed by atoms with Crippen LogP contribution in [0.5, 0.6) is 0 Å². The molecule has 1 heterocycles. The minimum atomic E-state index is -0.874. The van der Waals surface area contributed by atoms with Crippen molar-refractivity contribution in [2.24, 2.45) is 0 Å². The molecule has 2 rings (SSSR count). The van der Waals surface area contributed by atoms with Gasteiger partial charge in [-0.3, -0.25) is 0 Å². The molecule has 0 aromatic heterocycles. The van der Waals surface area contributed by atoms with Gasteiger partial charge in [0.25, 0.3) is 0 Å². The van der Waals surface area contributed by atoms with Crippen LogP contribution in [-0.4, -0.2) is 24.3 Å². The maximum atomic E-state index is 10.7. The monoisotopic (exact) mass is 220 g/mol. The van der Waals surface area contributed by atoms with Crippen LogP contribution < -0.4 is 0 Å². The van der Waals surface area contributed by atoms with Gasteiger partial charge in [-0.25, -0.2) is 4.79 Å². The van der Waals surface area contributed by atoms with E-state index in [0.29, 0.717) is 5.56 Å². The largest absolute Gasteiger partial charge is 0.478 e. The molecule has 0 atom stereocenters. The Balaban J connectivity index is 2.23. The van der Waals surface area contributed by atoms with Crippen LogP contribution in [0.1, 0.15) is 35.7 Å². The summed E-state index contributed by atoms with van der Waals surface area (Å²) in [5.74, 6) is -0.874. The molecular formula is C13H16O3. The lowest BCUT2D eigenvalue weighted by atomic mass is 9.75. The first-order valence-corrected chi connectivity index (χ1v) is 5.59. The molecule has 1 aliphatic rings. The van der Waals surface area contributed by atoms with Crippen molar-refractivity contribution in [3.63, 3.8) is 0 Å². The van der Waals surface area contributed by atoms with E-state index in [4.69, 9.17) is 9.84 Å². The van der Waals surface area contributed by atoms with Gasteiger partial charge in [0.05, 0.1) is 18.8 Å². The predicted molar refractivity (Wildman–Crippen MR) is 60.8 cm³/mol. The summed E-state index contributed by atoms with van der Waals surface area (Å²) in [5.41, 5.74) is 1.67. The van der Waals surface area contributed by atoms with Crippen molar-refractivity contribution in [3.8, 4) is 0 Å². The predicted octanol–water partition coefficient (Wildman–Crippen LogP) is 2.45. The minimum Gasteiger partial charge on any atom is -0.478 e. The van der Waals surface area contributed by atoms with E-state index < -0.39 is 5.97 Å². The molecule has 1 aromatic carbocycles. The summed E-state index contributed by atoms with van der Waals surface area (Å²) in [4.78, 5) is 10.7. The molecule has 0 aliphatic carbocycles. The van der Waals surface area contributed by atoms with Crippen LogP contribution in [0.25, 0.3) is 0 Å². The maximum absolute atomic E-state index is 10.7. The third kappa shape index (κ3) is 1.83. The van der Waals surface area contributed by atoms with Crippen molar-refractivity contribution in [1.82, 2.24) is 0 Å². The lowest BCUT2D eigenvalue weighted by molar-refractivity contribution is -0.0646. The molecule has 1 saturated heterocycles. The first-order chi connectivity index (χ1) is 7.68. The summed E-state index contributed by atoms with van der Waals surface area (Å²) >= 11 is 0. The second-order valence-corrected chi connectivity index (χ2v) is 4.41. The van der Waals surface area contributed by atoms with E-state index in [9.17, 15) is 4.79 Å². The van der Waals surface area contributed by atoms with E-state index in [-0.39, 0.29) is 5.41 Å². The number of aromatic carboxylic acids is 1. The zero-order valence-corrected chi connectivity index (χ0v) is 9.40. The quantitative estimate of drug-likeness (QED) is 0.847. The lowest BCUT2D eigenvalue weighted by Crippen LogP contribution is -2.46. The van der Waals surface area contributed by atoms with E-state index >= 15 is 0 Å². The van der Waals surface area contributed by atoms with E-state index in [1.165, 1.54) is 5.56 Å².